The van der Waals surface area contributed by atoms with Crippen molar-refractivity contribution in [3.05, 3.63) is 95.4 Å². The Balaban J connectivity index is 1.31. The molecule has 33 heavy (non-hydrogen) atoms. The molecule has 0 fully saturated rings. The van der Waals surface area contributed by atoms with Gasteiger partial charge in [-0.15, -0.1) is 10.2 Å². The van der Waals surface area contributed by atoms with Crippen molar-refractivity contribution in [2.24, 2.45) is 0 Å². The molecule has 5 rings (SSSR count). The number of benzene rings is 2. The van der Waals surface area contributed by atoms with Crippen LogP contribution in [0.15, 0.2) is 72.9 Å². The first-order valence-electron chi connectivity index (χ1n) is 11.2. The van der Waals surface area contributed by atoms with Gasteiger partial charge in [0.1, 0.15) is 0 Å². The first kappa shape index (κ1) is 21.5. The number of fused-ring (bicyclic) bond motifs is 2. The topological polar surface area (TPSA) is 62.5 Å². The van der Waals surface area contributed by atoms with Crippen LogP contribution in [0.5, 0.6) is 0 Å². The summed E-state index contributed by atoms with van der Waals surface area (Å²) in [6.45, 7) is 1.89. The van der Waals surface area contributed by atoms with Gasteiger partial charge in [0.2, 0.25) is 0 Å². The molecule has 2 aromatic heterocycles. The second kappa shape index (κ2) is 9.67. The van der Waals surface area contributed by atoms with E-state index in [2.05, 4.69) is 50.9 Å². The summed E-state index contributed by atoms with van der Waals surface area (Å²) in [6.07, 6.45) is 5.84. The number of nitrogens with one attached hydrogen (secondary N) is 1. The van der Waals surface area contributed by atoms with Crippen molar-refractivity contribution in [3.8, 4) is 0 Å². The maximum Gasteiger partial charge on any atom is 0.251 e. The lowest BCUT2D eigenvalue weighted by atomic mass is 9.99. The van der Waals surface area contributed by atoms with Crippen LogP contribution in [0.1, 0.15) is 39.8 Å². The molecule has 168 valence electrons. The monoisotopic (exact) mass is 457 g/mol. The molecule has 7 heteroatoms. The molecular weight excluding hydrogens is 430 g/mol. The molecule has 1 atom stereocenters. The van der Waals surface area contributed by atoms with E-state index in [1.165, 1.54) is 11.1 Å². The largest absolute Gasteiger partial charge is 0.367 e. The van der Waals surface area contributed by atoms with Crippen molar-refractivity contribution in [1.82, 2.24) is 19.9 Å². The second-order valence-electron chi connectivity index (χ2n) is 8.28. The molecule has 1 amide bonds. The number of nitrogens with zero attached hydrogens (tertiary/aromatic N) is 4. The van der Waals surface area contributed by atoms with Crippen LogP contribution >= 0.6 is 11.8 Å². The Hall–Kier alpha value is -3.32. The van der Waals surface area contributed by atoms with E-state index in [0.717, 1.165) is 48.8 Å². The number of thioether (sulfide) groups is 1. The molecule has 6 nitrogen and oxygen atoms in total. The van der Waals surface area contributed by atoms with Crippen molar-refractivity contribution in [2.75, 3.05) is 23.5 Å². The quantitative estimate of drug-likeness (QED) is 0.442. The van der Waals surface area contributed by atoms with Crippen molar-refractivity contribution in [1.29, 1.82) is 0 Å². The minimum Gasteiger partial charge on any atom is -0.367 e. The van der Waals surface area contributed by atoms with Crippen LogP contribution < -0.4 is 10.2 Å². The molecule has 4 aromatic rings. The minimum atomic E-state index is -0.208. The Bertz CT molecular complexity index is 1250. The van der Waals surface area contributed by atoms with Gasteiger partial charge < -0.3 is 10.2 Å². The molecule has 2 aromatic carbocycles. The van der Waals surface area contributed by atoms with Gasteiger partial charge in [0.25, 0.3) is 5.91 Å². The lowest BCUT2D eigenvalue weighted by molar-refractivity contribution is 0.0934. The summed E-state index contributed by atoms with van der Waals surface area (Å²) in [7, 11) is 0. The van der Waals surface area contributed by atoms with Crippen LogP contribution in [0.2, 0.25) is 0 Å². The highest BCUT2D eigenvalue weighted by molar-refractivity contribution is 7.98. The second-order valence-corrected chi connectivity index (χ2v) is 9.27. The average molecular weight is 458 g/mol. The van der Waals surface area contributed by atoms with Crippen molar-refractivity contribution in [2.45, 2.75) is 25.4 Å². The van der Waals surface area contributed by atoms with E-state index in [1.54, 1.807) is 11.8 Å². The van der Waals surface area contributed by atoms with Crippen LogP contribution in [-0.4, -0.2) is 39.1 Å². The number of hydrogen-bond donors (Lipinski definition) is 1. The number of rotatable bonds is 7. The highest BCUT2D eigenvalue weighted by atomic mass is 32.2. The van der Waals surface area contributed by atoms with Gasteiger partial charge in [-0.1, -0.05) is 30.3 Å². The first-order valence-corrected chi connectivity index (χ1v) is 12.6. The van der Waals surface area contributed by atoms with Gasteiger partial charge in [0.05, 0.1) is 6.04 Å². The Kier molecular flexibility index (Phi) is 6.30. The molecule has 0 bridgehead atoms. The molecule has 0 spiro atoms. The third kappa shape index (κ3) is 4.59. The number of aromatic nitrogens is 3. The Labute approximate surface area is 198 Å². The highest BCUT2D eigenvalue weighted by Gasteiger charge is 2.21. The van der Waals surface area contributed by atoms with E-state index in [4.69, 9.17) is 0 Å². The van der Waals surface area contributed by atoms with E-state index < -0.39 is 0 Å². The standard InChI is InChI=1S/C26H27N5OS/c1-33-17-14-23(25-29-28-24-8-4-5-15-31(24)25)27-26(32)20-9-11-22(12-10-20)30-16-13-19-6-2-3-7-21(19)18-30/h2-12,15,23H,13-14,16-18H2,1H3,(H,27,32). The summed E-state index contributed by atoms with van der Waals surface area (Å²) in [5.74, 6) is 1.59. The van der Waals surface area contributed by atoms with E-state index in [1.807, 2.05) is 53.1 Å². The van der Waals surface area contributed by atoms with Gasteiger partial charge in [-0.2, -0.15) is 11.8 Å². The molecule has 0 radical (unpaired) electrons. The van der Waals surface area contributed by atoms with Crippen molar-refractivity contribution in [3.63, 3.8) is 0 Å². The molecule has 0 saturated carbocycles. The minimum absolute atomic E-state index is 0.0932. The highest BCUT2D eigenvalue weighted by Crippen LogP contribution is 2.25. The smallest absolute Gasteiger partial charge is 0.251 e. The third-order valence-electron chi connectivity index (χ3n) is 6.19. The number of amides is 1. The van der Waals surface area contributed by atoms with Gasteiger partial charge in [0, 0.05) is 30.5 Å². The van der Waals surface area contributed by atoms with Crippen molar-refractivity contribution < 1.29 is 4.79 Å². The molecule has 0 aliphatic carbocycles. The lowest BCUT2D eigenvalue weighted by Gasteiger charge is -2.30. The van der Waals surface area contributed by atoms with E-state index in [-0.39, 0.29) is 11.9 Å². The third-order valence-corrected chi connectivity index (χ3v) is 6.84. The van der Waals surface area contributed by atoms with Crippen LogP contribution in [0.4, 0.5) is 5.69 Å². The van der Waals surface area contributed by atoms with Crippen LogP contribution in [0.3, 0.4) is 0 Å². The zero-order valence-electron chi connectivity index (χ0n) is 18.6. The number of carbonyl (C=O) groups is 1. The number of carbonyl (C=O) groups excluding carboxylic acids is 1. The van der Waals surface area contributed by atoms with Gasteiger partial charge in [-0.3, -0.25) is 9.20 Å². The molecule has 1 aliphatic heterocycles. The average Bonchev–Trinajstić information content (AvgIpc) is 3.30. The first-order chi connectivity index (χ1) is 16.2. The molecule has 1 aliphatic rings. The van der Waals surface area contributed by atoms with Crippen LogP contribution in [0, 0.1) is 0 Å². The van der Waals surface area contributed by atoms with E-state index in [9.17, 15) is 4.79 Å². The SMILES string of the molecule is CSCCC(NC(=O)c1ccc(N2CCc3ccccc3C2)cc1)c1nnc2ccccn12. The zero-order chi connectivity index (χ0) is 22.6. The maximum absolute atomic E-state index is 13.1. The summed E-state index contributed by atoms with van der Waals surface area (Å²) >= 11 is 1.75. The fourth-order valence-corrected chi connectivity index (χ4v) is 4.85. The predicted octanol–water partition coefficient (Wildman–Crippen LogP) is 4.52. The molecular formula is C26H27N5OS. The van der Waals surface area contributed by atoms with E-state index >= 15 is 0 Å². The van der Waals surface area contributed by atoms with Crippen LogP contribution in [0.25, 0.3) is 5.65 Å². The molecule has 1 unspecified atom stereocenters. The summed E-state index contributed by atoms with van der Waals surface area (Å²) < 4.78 is 1.95. The molecule has 1 N–H and O–H groups in total. The number of anilines is 1. The summed E-state index contributed by atoms with van der Waals surface area (Å²) in [5.41, 5.74) is 5.38. The van der Waals surface area contributed by atoms with Gasteiger partial charge in [0.15, 0.2) is 11.5 Å². The summed E-state index contributed by atoms with van der Waals surface area (Å²) in [4.78, 5) is 15.5. The van der Waals surface area contributed by atoms with E-state index in [0.29, 0.717) is 5.56 Å². The van der Waals surface area contributed by atoms with Gasteiger partial charge in [-0.25, -0.2) is 0 Å². The van der Waals surface area contributed by atoms with Crippen molar-refractivity contribution >= 4 is 29.0 Å². The normalized spacial score (nSPS) is 14.2. The lowest BCUT2D eigenvalue weighted by Crippen LogP contribution is -2.31. The Morgan fingerprint density at radius 1 is 1.03 bits per heavy atom. The maximum atomic E-state index is 13.1. The summed E-state index contributed by atoms with van der Waals surface area (Å²) in [6, 6.07) is 22.1. The Morgan fingerprint density at radius 2 is 1.82 bits per heavy atom. The fraction of sp³-hybridized carbons (Fsp3) is 0.269. The zero-order valence-corrected chi connectivity index (χ0v) is 19.5. The predicted molar refractivity (Wildman–Crippen MR) is 134 cm³/mol. The number of hydrogen-bond acceptors (Lipinski definition) is 5. The summed E-state index contributed by atoms with van der Waals surface area (Å²) in [5, 5.41) is 11.8. The Morgan fingerprint density at radius 3 is 2.64 bits per heavy atom. The van der Waals surface area contributed by atoms with Gasteiger partial charge in [-0.05, 0) is 72.4 Å². The fourth-order valence-electron chi connectivity index (χ4n) is 4.38. The van der Waals surface area contributed by atoms with Gasteiger partial charge >= 0.3 is 0 Å². The van der Waals surface area contributed by atoms with Crippen LogP contribution in [-0.2, 0) is 13.0 Å². The molecule has 0 saturated heterocycles. The number of pyridine rings is 1. The molecule has 3 heterocycles.